The van der Waals surface area contributed by atoms with Gasteiger partial charge in [-0.05, 0) is 59.7 Å². The average molecular weight is 613 g/mol. The molecule has 0 bridgehead atoms. The molecule has 4 aromatic carbocycles. The monoisotopic (exact) mass is 611 g/mol. The highest BCUT2D eigenvalue weighted by molar-refractivity contribution is 8.00. The Kier molecular flexibility index (Phi) is 8.37. The lowest BCUT2D eigenvalue weighted by Gasteiger charge is -2.24. The van der Waals surface area contributed by atoms with Gasteiger partial charge in [0.1, 0.15) is 5.37 Å². The highest BCUT2D eigenvalue weighted by atomic mass is 35.5. The maximum Gasteiger partial charge on any atom is 0.261 e. The smallest absolute Gasteiger partial charge is 0.261 e. The lowest BCUT2D eigenvalue weighted by molar-refractivity contribution is -0.128. The van der Waals surface area contributed by atoms with Crippen molar-refractivity contribution in [2.75, 3.05) is 15.8 Å². The molecule has 0 saturated carbocycles. The van der Waals surface area contributed by atoms with Gasteiger partial charge in [0.25, 0.3) is 15.9 Å². The van der Waals surface area contributed by atoms with E-state index in [1.54, 1.807) is 36.0 Å². The Hall–Kier alpha value is -3.50. The number of rotatable bonds is 8. The number of carbonyl (C=O) groups excluding carboxylic acids is 2. The number of sulfonamides is 1. The second kappa shape index (κ2) is 11.9. The minimum absolute atomic E-state index is 0.00504. The van der Waals surface area contributed by atoms with Crippen molar-refractivity contribution >= 4 is 68.2 Å². The maximum atomic E-state index is 12.9. The van der Waals surface area contributed by atoms with Gasteiger partial charge in [-0.1, -0.05) is 71.7 Å². The van der Waals surface area contributed by atoms with Crippen molar-refractivity contribution in [1.29, 1.82) is 0 Å². The van der Waals surface area contributed by atoms with Crippen LogP contribution >= 0.6 is 35.0 Å². The number of halogens is 2. The normalized spacial score (nSPS) is 15.2. The minimum Gasteiger partial charge on any atom is -0.322 e. The predicted molar refractivity (Wildman–Crippen MR) is 160 cm³/mol. The zero-order valence-corrected chi connectivity index (χ0v) is 24.0. The number of carbonyl (C=O) groups is 2. The van der Waals surface area contributed by atoms with Crippen molar-refractivity contribution in [3.63, 3.8) is 0 Å². The zero-order chi connectivity index (χ0) is 28.3. The second-order valence-electron chi connectivity index (χ2n) is 8.98. The first kappa shape index (κ1) is 28.0. The molecule has 40 heavy (non-hydrogen) atoms. The summed E-state index contributed by atoms with van der Waals surface area (Å²) in [5, 5.41) is 2.98. The quantitative estimate of drug-likeness (QED) is 0.228. The van der Waals surface area contributed by atoms with Crippen LogP contribution in [0, 0.1) is 0 Å². The average Bonchev–Trinajstić information content (AvgIpc) is 3.31. The topological polar surface area (TPSA) is 95.6 Å². The third-order valence-electron chi connectivity index (χ3n) is 6.24. The van der Waals surface area contributed by atoms with Crippen LogP contribution in [0.5, 0.6) is 0 Å². The van der Waals surface area contributed by atoms with E-state index in [2.05, 4.69) is 10.0 Å². The van der Waals surface area contributed by atoms with Gasteiger partial charge in [0.15, 0.2) is 0 Å². The molecule has 2 amide bonds. The van der Waals surface area contributed by atoms with Gasteiger partial charge in [0.05, 0.1) is 26.4 Å². The van der Waals surface area contributed by atoms with Crippen LogP contribution in [0.1, 0.15) is 26.9 Å². The Bertz CT molecular complexity index is 1650. The van der Waals surface area contributed by atoms with E-state index in [0.717, 1.165) is 11.1 Å². The van der Waals surface area contributed by atoms with Gasteiger partial charge in [0, 0.05) is 17.8 Å². The number of anilines is 2. The number of nitrogens with zero attached hydrogens (tertiary/aromatic N) is 1. The van der Waals surface area contributed by atoms with E-state index in [1.165, 1.54) is 30.3 Å². The summed E-state index contributed by atoms with van der Waals surface area (Å²) in [5.74, 6) is 0.145. The lowest BCUT2D eigenvalue weighted by atomic mass is 10.1. The van der Waals surface area contributed by atoms with Crippen LogP contribution in [0.4, 0.5) is 11.4 Å². The number of hydrogen-bond acceptors (Lipinski definition) is 5. The van der Waals surface area contributed by atoms with Crippen molar-refractivity contribution < 1.29 is 18.0 Å². The summed E-state index contributed by atoms with van der Waals surface area (Å²) < 4.78 is 28.0. The van der Waals surface area contributed by atoms with Crippen LogP contribution in [0.3, 0.4) is 0 Å². The van der Waals surface area contributed by atoms with E-state index in [9.17, 15) is 18.0 Å². The minimum atomic E-state index is -3.93. The van der Waals surface area contributed by atoms with Crippen LogP contribution in [0.15, 0.2) is 102 Å². The Morgan fingerprint density at radius 3 is 2.30 bits per heavy atom. The summed E-state index contributed by atoms with van der Waals surface area (Å²) >= 11 is 13.6. The van der Waals surface area contributed by atoms with E-state index in [1.807, 2.05) is 47.4 Å². The Labute approximate surface area is 246 Å². The molecule has 11 heteroatoms. The molecule has 5 rings (SSSR count). The van der Waals surface area contributed by atoms with Crippen LogP contribution in [-0.2, 0) is 21.4 Å². The van der Waals surface area contributed by atoms with Crippen molar-refractivity contribution in [2.24, 2.45) is 0 Å². The molecule has 1 fully saturated rings. The Balaban J connectivity index is 1.23. The number of nitrogens with one attached hydrogen (secondary N) is 2. The number of amides is 2. The van der Waals surface area contributed by atoms with Crippen molar-refractivity contribution in [3.05, 3.63) is 124 Å². The third kappa shape index (κ3) is 6.28. The maximum absolute atomic E-state index is 12.9. The molecule has 1 aliphatic rings. The van der Waals surface area contributed by atoms with Crippen LogP contribution in [0.2, 0.25) is 10.0 Å². The molecule has 0 aliphatic carbocycles. The van der Waals surface area contributed by atoms with E-state index < -0.39 is 10.0 Å². The van der Waals surface area contributed by atoms with Crippen LogP contribution in [0.25, 0.3) is 0 Å². The first-order chi connectivity index (χ1) is 19.2. The van der Waals surface area contributed by atoms with Gasteiger partial charge < -0.3 is 10.2 Å². The van der Waals surface area contributed by atoms with E-state index in [4.69, 9.17) is 23.2 Å². The Morgan fingerprint density at radius 2 is 1.60 bits per heavy atom. The molecule has 1 heterocycles. The molecule has 0 unspecified atom stereocenters. The number of benzene rings is 4. The van der Waals surface area contributed by atoms with Crippen molar-refractivity contribution in [2.45, 2.75) is 16.8 Å². The molecule has 0 aromatic heterocycles. The highest BCUT2D eigenvalue weighted by Crippen LogP contribution is 2.39. The number of hydrogen-bond donors (Lipinski definition) is 2. The van der Waals surface area contributed by atoms with E-state index in [-0.39, 0.29) is 37.8 Å². The molecule has 1 aliphatic heterocycles. The summed E-state index contributed by atoms with van der Waals surface area (Å²) in [6.45, 7) is 0.521. The molecule has 0 spiro atoms. The molecule has 4 aromatic rings. The molecule has 1 saturated heterocycles. The fourth-order valence-electron chi connectivity index (χ4n) is 4.19. The van der Waals surface area contributed by atoms with Gasteiger partial charge in [-0.15, -0.1) is 11.8 Å². The SMILES string of the molecule is O=C(Nc1ccc(S(=O)(=O)Nc2cccc(Cl)c2Cl)cc1)c1ccc([C@@H]2SCC(=O)N2Cc2ccccc2)cc1. The first-order valence-electron chi connectivity index (χ1n) is 12.1. The molecular formula is C29H23Cl2N3O4S2. The molecule has 7 nitrogen and oxygen atoms in total. The molecule has 0 radical (unpaired) electrons. The first-order valence-corrected chi connectivity index (χ1v) is 15.4. The van der Waals surface area contributed by atoms with Crippen LogP contribution in [-0.4, -0.2) is 30.9 Å². The van der Waals surface area contributed by atoms with E-state index >= 15 is 0 Å². The molecule has 204 valence electrons. The van der Waals surface area contributed by atoms with Gasteiger partial charge in [-0.2, -0.15) is 0 Å². The molecule has 1 atom stereocenters. The standard InChI is InChI=1S/C29H23Cl2N3O4S2/c30-24-7-4-8-25(27(24)31)33-40(37,38)23-15-13-22(14-16-23)32-28(36)20-9-11-21(12-10-20)29-34(26(35)18-39-29)17-19-5-2-1-3-6-19/h1-16,29,33H,17-18H2,(H,32,36)/t29-/m0/s1. The predicted octanol–water partition coefficient (Wildman–Crippen LogP) is 6.82. The van der Waals surface area contributed by atoms with Crippen molar-refractivity contribution in [1.82, 2.24) is 4.90 Å². The largest absolute Gasteiger partial charge is 0.322 e. The molecular weight excluding hydrogens is 589 g/mol. The Morgan fingerprint density at radius 1 is 0.900 bits per heavy atom. The summed E-state index contributed by atoms with van der Waals surface area (Å²) in [4.78, 5) is 27.2. The summed E-state index contributed by atoms with van der Waals surface area (Å²) in [6, 6.07) is 27.4. The van der Waals surface area contributed by atoms with Gasteiger partial charge >= 0.3 is 0 Å². The van der Waals surface area contributed by atoms with Crippen molar-refractivity contribution in [3.8, 4) is 0 Å². The zero-order valence-electron chi connectivity index (χ0n) is 20.9. The van der Waals surface area contributed by atoms with E-state index in [0.29, 0.717) is 23.5 Å². The second-order valence-corrected chi connectivity index (χ2v) is 12.5. The summed E-state index contributed by atoms with van der Waals surface area (Å²) in [5.41, 5.74) is 3.02. The summed E-state index contributed by atoms with van der Waals surface area (Å²) in [7, 11) is -3.93. The summed E-state index contributed by atoms with van der Waals surface area (Å²) in [6.07, 6.45) is 0. The van der Waals surface area contributed by atoms with Gasteiger partial charge in [0.2, 0.25) is 5.91 Å². The third-order valence-corrected chi connectivity index (χ3v) is 9.70. The van der Waals surface area contributed by atoms with Gasteiger partial charge in [-0.3, -0.25) is 14.3 Å². The fourth-order valence-corrected chi connectivity index (χ4v) is 6.85. The highest BCUT2D eigenvalue weighted by Gasteiger charge is 2.32. The lowest BCUT2D eigenvalue weighted by Crippen LogP contribution is -2.27. The molecule has 2 N–H and O–H groups in total. The van der Waals surface area contributed by atoms with Gasteiger partial charge in [-0.25, -0.2) is 8.42 Å². The fraction of sp³-hybridized carbons (Fsp3) is 0.103. The number of thioether (sulfide) groups is 1. The van der Waals surface area contributed by atoms with Crippen LogP contribution < -0.4 is 10.0 Å².